The maximum Gasteiger partial charge on any atom is 0.235 e. The Bertz CT molecular complexity index is 70.1. The Labute approximate surface area is 44.3 Å². The molecule has 0 aromatic carbocycles. The van der Waals surface area contributed by atoms with Crippen LogP contribution in [0, 0.1) is 0 Å². The molecule has 0 saturated carbocycles. The van der Waals surface area contributed by atoms with Crippen molar-refractivity contribution in [3.05, 3.63) is 0 Å². The Morgan fingerprint density at radius 2 is 2.14 bits per heavy atom. The summed E-state index contributed by atoms with van der Waals surface area (Å²) in [5, 5.41) is 0. The molecule has 0 saturated heterocycles. The molecule has 0 heterocycles. The van der Waals surface area contributed by atoms with Crippen LogP contribution in [0.3, 0.4) is 0 Å². The molecular formula is C4H7BO2. The Balaban J connectivity index is 3.13. The van der Waals surface area contributed by atoms with Gasteiger partial charge in [0.25, 0.3) is 0 Å². The van der Waals surface area contributed by atoms with Crippen molar-refractivity contribution in [3.8, 4) is 0 Å². The summed E-state index contributed by atoms with van der Waals surface area (Å²) in [6, 6.07) is 0. The highest BCUT2D eigenvalue weighted by Crippen LogP contribution is 1.85. The van der Waals surface area contributed by atoms with E-state index in [9.17, 15) is 4.79 Å². The topological polar surface area (TPSA) is 26.3 Å². The normalized spacial score (nSPS) is 9.00. The van der Waals surface area contributed by atoms with Gasteiger partial charge in [0.1, 0.15) is 0 Å². The van der Waals surface area contributed by atoms with E-state index in [2.05, 4.69) is 12.6 Å². The van der Waals surface area contributed by atoms with E-state index in [0.29, 0.717) is 0 Å². The first-order valence-electron chi connectivity index (χ1n) is 2.09. The second-order valence-corrected chi connectivity index (χ2v) is 1.49. The van der Waals surface area contributed by atoms with Gasteiger partial charge in [-0.2, -0.15) is 0 Å². The number of rotatable bonds is 1. The highest BCUT2D eigenvalue weighted by Gasteiger charge is 1.93. The molecule has 0 aliphatic carbocycles. The number of hydrogen-bond acceptors (Lipinski definition) is 2. The Morgan fingerprint density at radius 1 is 1.71 bits per heavy atom. The first-order chi connectivity index (χ1) is 3.13. The molecule has 0 unspecified atom stereocenters. The van der Waals surface area contributed by atoms with Gasteiger partial charge in [-0.05, 0) is 13.8 Å². The van der Waals surface area contributed by atoms with Crippen LogP contribution in [0.15, 0.2) is 0 Å². The molecule has 0 spiro atoms. The smallest absolute Gasteiger partial charge is 0.235 e. The van der Waals surface area contributed by atoms with Gasteiger partial charge in [0.05, 0.1) is 6.10 Å². The summed E-state index contributed by atoms with van der Waals surface area (Å²) >= 11 is 0. The lowest BCUT2D eigenvalue weighted by Crippen LogP contribution is -2.08. The van der Waals surface area contributed by atoms with Crippen LogP contribution in [0.25, 0.3) is 0 Å². The van der Waals surface area contributed by atoms with Crippen molar-refractivity contribution in [2.45, 2.75) is 20.0 Å². The van der Waals surface area contributed by atoms with Crippen LogP contribution in [0.4, 0.5) is 4.79 Å². The van der Waals surface area contributed by atoms with Gasteiger partial charge in [-0.1, -0.05) is 0 Å². The van der Waals surface area contributed by atoms with Crippen molar-refractivity contribution >= 4 is 13.7 Å². The zero-order valence-electron chi connectivity index (χ0n) is 4.47. The number of ether oxygens (including phenoxy) is 1. The molecule has 0 rings (SSSR count). The summed E-state index contributed by atoms with van der Waals surface area (Å²) in [6.45, 7) is 3.48. The van der Waals surface area contributed by atoms with Crippen molar-refractivity contribution in [1.82, 2.24) is 0 Å². The van der Waals surface area contributed by atoms with Crippen molar-refractivity contribution in [2.75, 3.05) is 0 Å². The third-order valence-corrected chi connectivity index (χ3v) is 0.352. The monoisotopic (exact) mass is 98.1 g/mol. The molecule has 38 valence electrons. The van der Waals surface area contributed by atoms with E-state index in [1.807, 2.05) is 0 Å². The van der Waals surface area contributed by atoms with Gasteiger partial charge >= 0.3 is 0 Å². The maximum absolute atomic E-state index is 9.81. The van der Waals surface area contributed by atoms with Gasteiger partial charge in [0, 0.05) is 0 Å². The van der Waals surface area contributed by atoms with E-state index in [1.54, 1.807) is 13.8 Å². The highest BCUT2D eigenvalue weighted by molar-refractivity contribution is 6.55. The SMILES string of the molecule is [B]C(=O)OC(C)C. The Kier molecular flexibility index (Phi) is 2.49. The summed E-state index contributed by atoms with van der Waals surface area (Å²) < 4.78 is 4.39. The van der Waals surface area contributed by atoms with Gasteiger partial charge in [-0.15, -0.1) is 0 Å². The van der Waals surface area contributed by atoms with Crippen LogP contribution in [-0.2, 0) is 4.74 Å². The summed E-state index contributed by atoms with van der Waals surface area (Å²) in [6.07, 6.45) is -0.0995. The molecule has 3 heteroatoms. The van der Waals surface area contributed by atoms with Crippen LogP contribution < -0.4 is 0 Å². The summed E-state index contributed by atoms with van der Waals surface area (Å²) in [7, 11) is 4.63. The van der Waals surface area contributed by atoms with Crippen LogP contribution in [0.1, 0.15) is 13.8 Å². The van der Waals surface area contributed by atoms with Gasteiger partial charge in [0.2, 0.25) is 13.7 Å². The van der Waals surface area contributed by atoms with Crippen LogP contribution in [-0.4, -0.2) is 19.8 Å². The van der Waals surface area contributed by atoms with Gasteiger partial charge < -0.3 is 4.74 Å². The third kappa shape index (κ3) is 5.53. The molecular weight excluding hydrogens is 90.9 g/mol. The van der Waals surface area contributed by atoms with Crippen molar-refractivity contribution < 1.29 is 9.53 Å². The third-order valence-electron chi connectivity index (χ3n) is 0.352. The van der Waals surface area contributed by atoms with Crippen molar-refractivity contribution in [2.24, 2.45) is 0 Å². The number of carbonyl (C=O) groups is 1. The predicted molar refractivity (Wildman–Crippen MR) is 27.4 cm³/mol. The first kappa shape index (κ1) is 6.53. The van der Waals surface area contributed by atoms with E-state index >= 15 is 0 Å². The van der Waals surface area contributed by atoms with E-state index in [4.69, 9.17) is 0 Å². The minimum atomic E-state index is -0.713. The molecule has 2 nitrogen and oxygen atoms in total. The molecule has 0 atom stereocenters. The molecule has 0 aliphatic heterocycles. The quantitative estimate of drug-likeness (QED) is 0.451. The Morgan fingerprint density at radius 3 is 2.14 bits per heavy atom. The summed E-state index contributed by atoms with van der Waals surface area (Å²) in [4.78, 5) is 9.81. The fourth-order valence-electron chi connectivity index (χ4n) is 0.232. The fraction of sp³-hybridized carbons (Fsp3) is 0.750. The van der Waals surface area contributed by atoms with Gasteiger partial charge in [0.15, 0.2) is 0 Å². The molecule has 0 aliphatic rings. The van der Waals surface area contributed by atoms with Crippen molar-refractivity contribution in [1.29, 1.82) is 0 Å². The molecule has 0 bridgehead atoms. The van der Waals surface area contributed by atoms with Gasteiger partial charge in [-0.3, -0.25) is 4.79 Å². The Hall–Kier alpha value is -0.465. The lowest BCUT2D eigenvalue weighted by molar-refractivity contribution is 0.141. The lowest BCUT2D eigenvalue weighted by atomic mass is 10.2. The molecule has 0 aromatic heterocycles. The second kappa shape index (κ2) is 2.67. The average Bonchev–Trinajstić information content (AvgIpc) is 1.27. The molecule has 2 radical (unpaired) electrons. The lowest BCUT2D eigenvalue weighted by Gasteiger charge is -2.02. The van der Waals surface area contributed by atoms with E-state index < -0.39 is 5.87 Å². The van der Waals surface area contributed by atoms with Crippen molar-refractivity contribution in [3.63, 3.8) is 0 Å². The minimum Gasteiger partial charge on any atom is -0.472 e. The van der Waals surface area contributed by atoms with E-state index in [-0.39, 0.29) is 6.10 Å². The van der Waals surface area contributed by atoms with Crippen LogP contribution >= 0.6 is 0 Å². The molecule has 7 heavy (non-hydrogen) atoms. The molecule has 0 N–H and O–H groups in total. The molecule has 0 aromatic rings. The van der Waals surface area contributed by atoms with Crippen LogP contribution in [0.5, 0.6) is 0 Å². The average molecular weight is 97.9 g/mol. The van der Waals surface area contributed by atoms with Gasteiger partial charge in [-0.25, -0.2) is 0 Å². The highest BCUT2D eigenvalue weighted by atomic mass is 16.5. The maximum atomic E-state index is 9.81. The van der Waals surface area contributed by atoms with E-state index in [1.165, 1.54) is 0 Å². The molecule has 0 fully saturated rings. The predicted octanol–water partition coefficient (Wildman–Crippen LogP) is 0.700. The summed E-state index contributed by atoms with van der Waals surface area (Å²) in [5.74, 6) is -0.713. The second-order valence-electron chi connectivity index (χ2n) is 1.49. The molecule has 0 amide bonds. The summed E-state index contributed by atoms with van der Waals surface area (Å²) in [5.41, 5.74) is 0. The first-order valence-corrected chi connectivity index (χ1v) is 2.09. The standard InChI is InChI=1S/C4H7BO2/c1-3(2)7-4(5)6/h3H,1-2H3. The number of carbonyl (C=O) groups excluding carboxylic acids is 1. The fourth-order valence-corrected chi connectivity index (χ4v) is 0.232. The zero-order chi connectivity index (χ0) is 5.86. The van der Waals surface area contributed by atoms with Crippen LogP contribution in [0.2, 0.25) is 0 Å². The zero-order valence-corrected chi connectivity index (χ0v) is 4.47. The largest absolute Gasteiger partial charge is 0.472 e. The van der Waals surface area contributed by atoms with E-state index in [0.717, 1.165) is 0 Å². The minimum absolute atomic E-state index is 0.0995. The number of hydrogen-bond donors (Lipinski definition) is 0.